The van der Waals surface area contributed by atoms with Crippen molar-refractivity contribution in [1.29, 1.82) is 0 Å². The zero-order valence-corrected chi connectivity index (χ0v) is 5.02. The van der Waals surface area contributed by atoms with Crippen LogP contribution < -0.4 is 0 Å². The molecule has 0 radical (unpaired) electrons. The van der Waals surface area contributed by atoms with Gasteiger partial charge in [-0.3, -0.25) is 0 Å². The molecule has 0 saturated heterocycles. The maximum absolute atomic E-state index is 12.5. The highest BCUT2D eigenvalue weighted by Crippen LogP contribution is 2.14. The summed E-state index contributed by atoms with van der Waals surface area (Å²) in [5.41, 5.74) is -1.39. The van der Waals surface area contributed by atoms with Crippen LogP contribution in [0.25, 0.3) is 0 Å². The van der Waals surface area contributed by atoms with Gasteiger partial charge in [0, 0.05) is 13.0 Å². The van der Waals surface area contributed by atoms with Gasteiger partial charge in [0.2, 0.25) is 0 Å². The number of allylic oxidation sites excluding steroid dienone is 1. The van der Waals surface area contributed by atoms with Gasteiger partial charge < -0.3 is 5.11 Å². The van der Waals surface area contributed by atoms with Crippen LogP contribution in [-0.2, 0) is 0 Å². The van der Waals surface area contributed by atoms with E-state index in [9.17, 15) is 4.39 Å². The number of aliphatic hydroxyl groups excluding tert-OH is 1. The third-order valence-corrected chi connectivity index (χ3v) is 1.03. The molecule has 0 aliphatic carbocycles. The SMILES string of the molecule is C=C[C@@](C)(F)CCO. The quantitative estimate of drug-likeness (QED) is 0.553. The molecule has 0 heterocycles. The fourth-order valence-corrected chi connectivity index (χ4v) is 0.321. The molecule has 0 rings (SSSR count). The van der Waals surface area contributed by atoms with Crippen molar-refractivity contribution >= 4 is 0 Å². The second-order valence-corrected chi connectivity index (χ2v) is 1.96. The Bertz CT molecular complexity index is 78.6. The van der Waals surface area contributed by atoms with E-state index in [2.05, 4.69) is 6.58 Å². The minimum atomic E-state index is -1.39. The number of halogens is 1. The minimum absolute atomic E-state index is 0.126. The number of aliphatic hydroxyl groups is 1. The van der Waals surface area contributed by atoms with Gasteiger partial charge in [-0.2, -0.15) is 0 Å². The van der Waals surface area contributed by atoms with Crippen LogP contribution in [0.5, 0.6) is 0 Å². The van der Waals surface area contributed by atoms with Crippen LogP contribution >= 0.6 is 0 Å². The standard InChI is InChI=1S/C6H11FO/c1-3-6(2,7)4-5-8/h3,8H,1,4-5H2,2H3/t6-/m1/s1. The molecule has 0 amide bonds. The minimum Gasteiger partial charge on any atom is -0.396 e. The molecule has 0 aliphatic heterocycles. The van der Waals surface area contributed by atoms with Gasteiger partial charge in [0.15, 0.2) is 0 Å². The topological polar surface area (TPSA) is 20.2 Å². The number of alkyl halides is 1. The van der Waals surface area contributed by atoms with Crippen LogP contribution in [0.1, 0.15) is 13.3 Å². The lowest BCUT2D eigenvalue weighted by Crippen LogP contribution is -2.14. The smallest absolute Gasteiger partial charge is 0.128 e. The summed E-state index contributed by atoms with van der Waals surface area (Å²) < 4.78 is 12.5. The summed E-state index contributed by atoms with van der Waals surface area (Å²) in [7, 11) is 0. The third-order valence-electron chi connectivity index (χ3n) is 1.03. The molecule has 1 atom stereocenters. The Morgan fingerprint density at radius 1 is 1.88 bits per heavy atom. The second-order valence-electron chi connectivity index (χ2n) is 1.96. The van der Waals surface area contributed by atoms with E-state index in [4.69, 9.17) is 5.11 Å². The molecular formula is C6H11FO. The first-order valence-corrected chi connectivity index (χ1v) is 2.56. The molecule has 0 saturated carbocycles. The van der Waals surface area contributed by atoms with Gasteiger partial charge in [0.25, 0.3) is 0 Å². The molecule has 0 aliphatic rings. The van der Waals surface area contributed by atoms with Crippen LogP contribution in [0.2, 0.25) is 0 Å². The van der Waals surface area contributed by atoms with Gasteiger partial charge in [-0.25, -0.2) is 4.39 Å². The zero-order chi connectivity index (χ0) is 6.62. The van der Waals surface area contributed by atoms with Crippen LogP contribution in [0.3, 0.4) is 0 Å². The lowest BCUT2D eigenvalue weighted by Gasteiger charge is -2.11. The molecule has 48 valence electrons. The van der Waals surface area contributed by atoms with Crippen LogP contribution in [0.15, 0.2) is 12.7 Å². The molecule has 0 spiro atoms. The highest BCUT2D eigenvalue weighted by molar-refractivity contribution is 4.91. The molecule has 1 N–H and O–H groups in total. The Hall–Kier alpha value is -0.370. The second kappa shape index (κ2) is 2.82. The Kier molecular flexibility index (Phi) is 2.69. The molecule has 0 aromatic carbocycles. The Morgan fingerprint density at radius 2 is 2.38 bits per heavy atom. The summed E-state index contributed by atoms with van der Waals surface area (Å²) in [4.78, 5) is 0. The Labute approximate surface area is 48.8 Å². The average Bonchev–Trinajstić information content (AvgIpc) is 1.67. The van der Waals surface area contributed by atoms with Crippen LogP contribution in [-0.4, -0.2) is 17.4 Å². The normalized spacial score (nSPS) is 17.4. The third kappa shape index (κ3) is 2.75. The Balaban J connectivity index is 3.53. The van der Waals surface area contributed by atoms with E-state index in [1.165, 1.54) is 13.0 Å². The fourth-order valence-electron chi connectivity index (χ4n) is 0.321. The molecule has 0 unspecified atom stereocenters. The average molecular weight is 118 g/mol. The molecule has 1 nitrogen and oxygen atoms in total. The number of rotatable bonds is 3. The molecule has 0 bridgehead atoms. The number of hydrogen-bond acceptors (Lipinski definition) is 1. The first-order valence-electron chi connectivity index (χ1n) is 2.56. The van der Waals surface area contributed by atoms with E-state index < -0.39 is 5.67 Å². The lowest BCUT2D eigenvalue weighted by atomic mass is 10.1. The molecule has 0 aromatic rings. The molecule has 0 aromatic heterocycles. The predicted molar refractivity (Wildman–Crippen MR) is 31.4 cm³/mol. The van der Waals surface area contributed by atoms with Crippen molar-refractivity contribution in [3.05, 3.63) is 12.7 Å². The Morgan fingerprint density at radius 3 is 2.50 bits per heavy atom. The summed E-state index contributed by atoms with van der Waals surface area (Å²) in [6.07, 6.45) is 1.33. The van der Waals surface area contributed by atoms with Crippen LogP contribution in [0, 0.1) is 0 Å². The maximum atomic E-state index is 12.5. The zero-order valence-electron chi connectivity index (χ0n) is 5.02. The van der Waals surface area contributed by atoms with Gasteiger partial charge >= 0.3 is 0 Å². The van der Waals surface area contributed by atoms with Crippen molar-refractivity contribution in [3.8, 4) is 0 Å². The van der Waals surface area contributed by atoms with Crippen molar-refractivity contribution in [2.75, 3.05) is 6.61 Å². The highest BCUT2D eigenvalue weighted by Gasteiger charge is 2.15. The van der Waals surface area contributed by atoms with E-state index >= 15 is 0 Å². The fraction of sp³-hybridized carbons (Fsp3) is 0.667. The summed E-state index contributed by atoms with van der Waals surface area (Å²) >= 11 is 0. The molecular weight excluding hydrogens is 107 g/mol. The highest BCUT2D eigenvalue weighted by atomic mass is 19.1. The van der Waals surface area contributed by atoms with Crippen molar-refractivity contribution in [2.45, 2.75) is 19.0 Å². The monoisotopic (exact) mass is 118 g/mol. The predicted octanol–water partition coefficient (Wildman–Crippen LogP) is 1.28. The van der Waals surface area contributed by atoms with Gasteiger partial charge in [0.1, 0.15) is 5.67 Å². The van der Waals surface area contributed by atoms with Crippen molar-refractivity contribution in [1.82, 2.24) is 0 Å². The maximum Gasteiger partial charge on any atom is 0.128 e. The van der Waals surface area contributed by atoms with Crippen LogP contribution in [0.4, 0.5) is 4.39 Å². The summed E-state index contributed by atoms with van der Waals surface area (Å²) in [5.74, 6) is 0. The molecule has 0 fully saturated rings. The van der Waals surface area contributed by atoms with Gasteiger partial charge in [-0.1, -0.05) is 12.7 Å². The largest absolute Gasteiger partial charge is 0.396 e. The summed E-state index contributed by atoms with van der Waals surface area (Å²) in [6, 6.07) is 0. The van der Waals surface area contributed by atoms with E-state index in [0.717, 1.165) is 0 Å². The van der Waals surface area contributed by atoms with E-state index in [0.29, 0.717) is 0 Å². The summed E-state index contributed by atoms with van der Waals surface area (Å²) in [5, 5.41) is 8.25. The van der Waals surface area contributed by atoms with Crippen molar-refractivity contribution in [3.63, 3.8) is 0 Å². The van der Waals surface area contributed by atoms with Gasteiger partial charge in [-0.05, 0) is 6.92 Å². The first kappa shape index (κ1) is 7.63. The first-order chi connectivity index (χ1) is 3.62. The van der Waals surface area contributed by atoms with E-state index in [1.54, 1.807) is 0 Å². The summed E-state index contributed by atoms with van der Waals surface area (Å²) in [6.45, 7) is 4.52. The van der Waals surface area contributed by atoms with Gasteiger partial charge in [-0.15, -0.1) is 0 Å². The van der Waals surface area contributed by atoms with E-state index in [1.807, 2.05) is 0 Å². The number of hydrogen-bond donors (Lipinski definition) is 1. The van der Waals surface area contributed by atoms with E-state index in [-0.39, 0.29) is 13.0 Å². The van der Waals surface area contributed by atoms with Crippen molar-refractivity contribution < 1.29 is 9.50 Å². The van der Waals surface area contributed by atoms with Gasteiger partial charge in [0.05, 0.1) is 0 Å². The lowest BCUT2D eigenvalue weighted by molar-refractivity contribution is 0.178. The van der Waals surface area contributed by atoms with Crippen molar-refractivity contribution in [2.24, 2.45) is 0 Å². The molecule has 2 heteroatoms. The molecule has 8 heavy (non-hydrogen) atoms.